The second-order valence-electron chi connectivity index (χ2n) is 8.67. The molecule has 3 aromatic carbocycles. The minimum absolute atomic E-state index is 0.0313. The zero-order chi connectivity index (χ0) is 27.4. The number of alkyl halides is 3. The van der Waals surface area contributed by atoms with Gasteiger partial charge in [0.15, 0.2) is 5.13 Å². The van der Waals surface area contributed by atoms with E-state index in [0.717, 1.165) is 34.2 Å². The molecule has 2 aromatic heterocycles. The molecule has 11 heteroatoms. The minimum Gasteiger partial charge on any atom is -0.342 e. The molecule has 39 heavy (non-hydrogen) atoms. The molecule has 0 fully saturated rings. The van der Waals surface area contributed by atoms with E-state index in [1.54, 1.807) is 11.6 Å². The topological polar surface area (TPSA) is 71.3 Å². The van der Waals surface area contributed by atoms with Gasteiger partial charge in [-0.3, -0.25) is 4.79 Å². The number of hydrogen-bond donors (Lipinski definition) is 2. The van der Waals surface area contributed by atoms with Gasteiger partial charge in [0, 0.05) is 45.3 Å². The Hall–Kier alpha value is -4.15. The molecule has 5 aromatic rings. The largest absolute Gasteiger partial charge is 0.416 e. The smallest absolute Gasteiger partial charge is 0.342 e. The van der Waals surface area contributed by atoms with E-state index in [-0.39, 0.29) is 18.0 Å². The molecule has 0 atom stereocenters. The number of benzene rings is 3. The standard InChI is InChI=1S/C28H21ClF3N5OS/c29-21-10-8-18(9-11-21)15-37-16-19(24-6-1-2-7-25(24)37)14-33-36-26(38)13-23-17-39-27(35-23)34-22-5-3-4-20(12-22)28(30,31)32/h1-12,14,16-17H,13,15H2,(H,34,35)(H,36,38)/b33-14-. The third-order valence-corrected chi connectivity index (χ3v) is 6.87. The maximum absolute atomic E-state index is 12.9. The van der Waals surface area contributed by atoms with E-state index in [0.29, 0.717) is 22.4 Å². The zero-order valence-corrected chi connectivity index (χ0v) is 21.8. The van der Waals surface area contributed by atoms with Gasteiger partial charge in [-0.05, 0) is 42.0 Å². The Bertz CT molecular complexity index is 1640. The molecule has 2 heterocycles. The molecule has 0 spiro atoms. The number of thiazole rings is 1. The third kappa shape index (κ3) is 6.65. The number of anilines is 2. The summed E-state index contributed by atoms with van der Waals surface area (Å²) in [4.78, 5) is 16.7. The number of rotatable bonds is 8. The number of hydrogen-bond acceptors (Lipinski definition) is 5. The number of nitrogens with one attached hydrogen (secondary N) is 2. The maximum atomic E-state index is 12.9. The van der Waals surface area contributed by atoms with E-state index in [2.05, 4.69) is 25.4 Å². The average molecular weight is 568 g/mol. The lowest BCUT2D eigenvalue weighted by molar-refractivity contribution is -0.137. The normalized spacial score (nSPS) is 11.8. The Balaban J connectivity index is 1.21. The number of carbonyl (C=O) groups is 1. The van der Waals surface area contributed by atoms with Crippen molar-refractivity contribution in [1.29, 1.82) is 0 Å². The van der Waals surface area contributed by atoms with Crippen LogP contribution in [0.4, 0.5) is 24.0 Å². The first-order valence-corrected chi connectivity index (χ1v) is 13.0. The highest BCUT2D eigenvalue weighted by Gasteiger charge is 2.30. The summed E-state index contributed by atoms with van der Waals surface area (Å²) in [7, 11) is 0. The molecule has 0 aliphatic carbocycles. The zero-order valence-electron chi connectivity index (χ0n) is 20.2. The van der Waals surface area contributed by atoms with Crippen LogP contribution in [0.1, 0.15) is 22.4 Å². The lowest BCUT2D eigenvalue weighted by Gasteiger charge is -2.08. The number of para-hydroxylation sites is 1. The van der Waals surface area contributed by atoms with Crippen molar-refractivity contribution >= 4 is 56.8 Å². The van der Waals surface area contributed by atoms with E-state index < -0.39 is 11.7 Å². The van der Waals surface area contributed by atoms with Crippen molar-refractivity contribution < 1.29 is 18.0 Å². The molecule has 0 saturated heterocycles. The average Bonchev–Trinajstić information content (AvgIpc) is 3.49. The second-order valence-corrected chi connectivity index (χ2v) is 9.97. The van der Waals surface area contributed by atoms with Crippen LogP contribution in [-0.2, 0) is 23.9 Å². The van der Waals surface area contributed by atoms with Gasteiger partial charge in [-0.25, -0.2) is 10.4 Å². The SMILES string of the molecule is O=C(Cc1csc(Nc2cccc(C(F)(F)F)c2)n1)N/N=C\c1cn(Cc2ccc(Cl)cc2)c2ccccc12. The second kappa shape index (κ2) is 11.3. The van der Waals surface area contributed by atoms with Gasteiger partial charge in [0.25, 0.3) is 0 Å². The highest BCUT2D eigenvalue weighted by molar-refractivity contribution is 7.13. The molecule has 0 bridgehead atoms. The quantitative estimate of drug-likeness (QED) is 0.153. The summed E-state index contributed by atoms with van der Waals surface area (Å²) in [5.41, 5.74) is 5.47. The van der Waals surface area contributed by atoms with Gasteiger partial charge in [-0.2, -0.15) is 18.3 Å². The molecule has 0 radical (unpaired) electrons. The number of hydrazone groups is 1. The molecule has 0 unspecified atom stereocenters. The third-order valence-electron chi connectivity index (χ3n) is 5.81. The summed E-state index contributed by atoms with van der Waals surface area (Å²) in [5.74, 6) is -0.368. The predicted octanol–water partition coefficient (Wildman–Crippen LogP) is 7.25. The molecule has 0 aliphatic heterocycles. The first-order valence-electron chi connectivity index (χ1n) is 11.8. The highest BCUT2D eigenvalue weighted by atomic mass is 35.5. The van der Waals surface area contributed by atoms with Crippen molar-refractivity contribution in [3.8, 4) is 0 Å². The number of amides is 1. The van der Waals surface area contributed by atoms with E-state index in [9.17, 15) is 18.0 Å². The highest BCUT2D eigenvalue weighted by Crippen LogP contribution is 2.32. The molecule has 198 valence electrons. The number of halogens is 4. The summed E-state index contributed by atoms with van der Waals surface area (Å²) in [6, 6.07) is 20.4. The van der Waals surface area contributed by atoms with Gasteiger partial charge in [0.2, 0.25) is 5.91 Å². The van der Waals surface area contributed by atoms with Gasteiger partial charge in [0.1, 0.15) is 0 Å². The van der Waals surface area contributed by atoms with Crippen molar-refractivity contribution in [1.82, 2.24) is 15.0 Å². The van der Waals surface area contributed by atoms with Crippen LogP contribution in [0.2, 0.25) is 5.02 Å². The molecule has 6 nitrogen and oxygen atoms in total. The first-order chi connectivity index (χ1) is 18.7. The number of fused-ring (bicyclic) bond motifs is 1. The molecule has 2 N–H and O–H groups in total. The number of nitrogens with zero attached hydrogens (tertiary/aromatic N) is 3. The van der Waals surface area contributed by atoms with Gasteiger partial charge in [-0.1, -0.05) is 48.0 Å². The lowest BCUT2D eigenvalue weighted by Crippen LogP contribution is -2.19. The Kier molecular flexibility index (Phi) is 7.67. The Morgan fingerprint density at radius 3 is 2.67 bits per heavy atom. The summed E-state index contributed by atoms with van der Waals surface area (Å²) < 4.78 is 40.9. The fourth-order valence-electron chi connectivity index (χ4n) is 4.02. The lowest BCUT2D eigenvalue weighted by atomic mass is 10.2. The van der Waals surface area contributed by atoms with Crippen LogP contribution in [0.25, 0.3) is 10.9 Å². The van der Waals surface area contributed by atoms with Gasteiger partial charge in [-0.15, -0.1) is 11.3 Å². The summed E-state index contributed by atoms with van der Waals surface area (Å²) in [6.45, 7) is 0.651. The maximum Gasteiger partial charge on any atom is 0.416 e. The molecule has 0 aliphatic rings. The van der Waals surface area contributed by atoms with Crippen molar-refractivity contribution in [3.05, 3.63) is 112 Å². The molecular formula is C28H21ClF3N5OS. The van der Waals surface area contributed by atoms with Gasteiger partial charge >= 0.3 is 6.18 Å². The molecule has 5 rings (SSSR count). The van der Waals surface area contributed by atoms with Crippen LogP contribution in [0, 0.1) is 0 Å². The molecule has 0 saturated carbocycles. The Morgan fingerprint density at radius 1 is 1.08 bits per heavy atom. The van der Waals surface area contributed by atoms with Crippen LogP contribution in [0.5, 0.6) is 0 Å². The number of aromatic nitrogens is 2. The Morgan fingerprint density at radius 2 is 1.87 bits per heavy atom. The molecule has 1 amide bonds. The van der Waals surface area contributed by atoms with E-state index in [1.807, 2.05) is 54.7 Å². The summed E-state index contributed by atoms with van der Waals surface area (Å²) >= 11 is 7.20. The van der Waals surface area contributed by atoms with E-state index >= 15 is 0 Å². The van der Waals surface area contributed by atoms with Gasteiger partial charge in [0.05, 0.1) is 23.9 Å². The van der Waals surface area contributed by atoms with Gasteiger partial charge < -0.3 is 9.88 Å². The van der Waals surface area contributed by atoms with Crippen LogP contribution < -0.4 is 10.7 Å². The van der Waals surface area contributed by atoms with Crippen LogP contribution >= 0.6 is 22.9 Å². The minimum atomic E-state index is -4.43. The van der Waals surface area contributed by atoms with Crippen LogP contribution in [0.15, 0.2) is 89.5 Å². The predicted molar refractivity (Wildman–Crippen MR) is 149 cm³/mol. The van der Waals surface area contributed by atoms with Crippen molar-refractivity contribution in [2.75, 3.05) is 5.32 Å². The number of carbonyl (C=O) groups excluding carboxylic acids is 1. The fourth-order valence-corrected chi connectivity index (χ4v) is 4.87. The fraction of sp³-hybridized carbons (Fsp3) is 0.107. The van der Waals surface area contributed by atoms with Crippen molar-refractivity contribution in [3.63, 3.8) is 0 Å². The van der Waals surface area contributed by atoms with Crippen LogP contribution in [0.3, 0.4) is 0 Å². The van der Waals surface area contributed by atoms with E-state index in [1.165, 1.54) is 23.5 Å². The van der Waals surface area contributed by atoms with Crippen LogP contribution in [-0.4, -0.2) is 21.7 Å². The Labute approximate surface area is 230 Å². The van der Waals surface area contributed by atoms with Crippen molar-refractivity contribution in [2.45, 2.75) is 19.1 Å². The monoisotopic (exact) mass is 567 g/mol. The summed E-state index contributed by atoms with van der Waals surface area (Å²) in [6.07, 6.45) is -0.895. The molecular weight excluding hydrogens is 547 g/mol. The summed E-state index contributed by atoms with van der Waals surface area (Å²) in [5, 5.41) is 10.7. The van der Waals surface area contributed by atoms with Crippen molar-refractivity contribution in [2.24, 2.45) is 5.10 Å². The van der Waals surface area contributed by atoms with E-state index in [4.69, 9.17) is 11.6 Å². The first kappa shape index (κ1) is 26.5.